The summed E-state index contributed by atoms with van der Waals surface area (Å²) in [6, 6.07) is 22.4. The summed E-state index contributed by atoms with van der Waals surface area (Å²) in [5.41, 5.74) is 3.49. The van der Waals surface area contributed by atoms with Gasteiger partial charge in [-0.05, 0) is 128 Å². The maximum absolute atomic E-state index is 12.7. The van der Waals surface area contributed by atoms with Crippen molar-refractivity contribution in [1.29, 1.82) is 0 Å². The number of pyridine rings is 1. The quantitative estimate of drug-likeness (QED) is 0.100. The average molecular weight is 834 g/mol. The van der Waals surface area contributed by atoms with E-state index in [1.54, 1.807) is 0 Å². The van der Waals surface area contributed by atoms with Crippen molar-refractivity contribution in [2.45, 2.75) is 136 Å². The van der Waals surface area contributed by atoms with Crippen LogP contribution in [0.5, 0.6) is 11.5 Å². The van der Waals surface area contributed by atoms with Crippen molar-refractivity contribution in [3.8, 4) is 11.5 Å². The van der Waals surface area contributed by atoms with Gasteiger partial charge in [-0.25, -0.2) is 9.59 Å². The van der Waals surface area contributed by atoms with Gasteiger partial charge in [0.15, 0.2) is 0 Å². The Hall–Kier alpha value is -5.99. The van der Waals surface area contributed by atoms with Crippen LogP contribution < -0.4 is 9.47 Å². The molecule has 7 rings (SSSR count). The number of carbonyl (C=O) groups excluding carboxylic acids is 2. The maximum atomic E-state index is 12.7. The highest BCUT2D eigenvalue weighted by Crippen LogP contribution is 2.33. The number of amides is 2. The number of benzene rings is 2. The number of ether oxygens (including phenoxy) is 4. The molecule has 2 aromatic carbocycles. The normalized spacial score (nSPS) is 17.3. The number of hydrogen-bond donors (Lipinski definition) is 0. The molecule has 61 heavy (non-hydrogen) atoms. The Balaban J connectivity index is 0.903. The molecule has 0 saturated carbocycles. The first-order valence-corrected chi connectivity index (χ1v) is 21.4. The summed E-state index contributed by atoms with van der Waals surface area (Å²) in [6.45, 7) is 14.6. The molecule has 2 aliphatic rings. The number of rotatable bonds is 15. The second-order valence-electron chi connectivity index (χ2n) is 17.9. The zero-order valence-corrected chi connectivity index (χ0v) is 36.3. The molecule has 15 heteroatoms. The van der Waals surface area contributed by atoms with Gasteiger partial charge in [-0.3, -0.25) is 14.3 Å². The smallest absolute Gasteiger partial charge is 0.410 e. The minimum atomic E-state index is -0.517. The van der Waals surface area contributed by atoms with Gasteiger partial charge in [-0.15, -0.1) is 10.2 Å². The van der Waals surface area contributed by atoms with Gasteiger partial charge < -0.3 is 28.7 Å². The van der Waals surface area contributed by atoms with Gasteiger partial charge in [-0.1, -0.05) is 40.8 Å². The van der Waals surface area contributed by atoms with Crippen LogP contribution in [0.1, 0.15) is 114 Å². The Kier molecular flexibility index (Phi) is 13.5. The number of carbonyl (C=O) groups is 2. The summed E-state index contributed by atoms with van der Waals surface area (Å²) in [5.74, 6) is 1.33. The molecule has 0 aliphatic carbocycles. The fourth-order valence-corrected chi connectivity index (χ4v) is 7.89. The molecule has 2 amide bonds. The van der Waals surface area contributed by atoms with Gasteiger partial charge in [0, 0.05) is 44.5 Å². The van der Waals surface area contributed by atoms with Crippen molar-refractivity contribution >= 4 is 12.2 Å². The van der Waals surface area contributed by atoms with E-state index in [2.05, 4.69) is 44.9 Å². The Morgan fingerprint density at radius 2 is 1.11 bits per heavy atom. The van der Waals surface area contributed by atoms with Crippen molar-refractivity contribution in [3.63, 3.8) is 0 Å². The van der Waals surface area contributed by atoms with Crippen molar-refractivity contribution < 1.29 is 28.5 Å². The Morgan fingerprint density at radius 3 is 1.52 bits per heavy atom. The minimum Gasteiger partial charge on any atom is -0.487 e. The third-order valence-electron chi connectivity index (χ3n) is 10.7. The van der Waals surface area contributed by atoms with Crippen LogP contribution in [0.3, 0.4) is 0 Å². The van der Waals surface area contributed by atoms with E-state index in [0.29, 0.717) is 13.1 Å². The molecule has 5 aromatic rings. The van der Waals surface area contributed by atoms with Crippen LogP contribution >= 0.6 is 0 Å². The molecule has 2 saturated heterocycles. The van der Waals surface area contributed by atoms with E-state index in [1.807, 2.05) is 122 Å². The largest absolute Gasteiger partial charge is 0.487 e. The molecule has 0 radical (unpaired) electrons. The first-order valence-electron chi connectivity index (χ1n) is 21.4. The van der Waals surface area contributed by atoms with Crippen molar-refractivity contribution in [2.24, 2.45) is 0 Å². The van der Waals surface area contributed by atoms with Crippen LogP contribution in [0, 0.1) is 0 Å². The fourth-order valence-electron chi connectivity index (χ4n) is 7.89. The Labute approximate surface area is 358 Å². The third kappa shape index (κ3) is 12.1. The Bertz CT molecular complexity index is 2040. The maximum Gasteiger partial charge on any atom is 0.410 e. The van der Waals surface area contributed by atoms with Gasteiger partial charge in [0.1, 0.15) is 47.3 Å². The molecule has 0 bridgehead atoms. The van der Waals surface area contributed by atoms with E-state index in [1.165, 1.54) is 0 Å². The van der Waals surface area contributed by atoms with Crippen LogP contribution in [0.25, 0.3) is 0 Å². The molecule has 2 fully saturated rings. The third-order valence-corrected chi connectivity index (χ3v) is 10.7. The lowest BCUT2D eigenvalue weighted by Gasteiger charge is -2.28. The summed E-state index contributed by atoms with van der Waals surface area (Å²) in [6.07, 6.45) is 10.5. The van der Waals surface area contributed by atoms with Crippen LogP contribution in [-0.2, 0) is 35.8 Å². The number of nitrogens with zero attached hydrogens (tertiary/aromatic N) is 9. The number of likely N-dealkylation sites (tertiary alicyclic amines) is 2. The molecular weight excluding hydrogens is 775 g/mol. The van der Waals surface area contributed by atoms with Gasteiger partial charge >= 0.3 is 12.2 Å². The van der Waals surface area contributed by atoms with Crippen LogP contribution in [0.4, 0.5) is 9.59 Å². The van der Waals surface area contributed by atoms with Crippen molar-refractivity contribution in [1.82, 2.24) is 44.8 Å². The molecule has 0 spiro atoms. The second kappa shape index (κ2) is 19.2. The second-order valence-corrected chi connectivity index (χ2v) is 17.9. The fraction of sp³-hybridized carbons (Fsp3) is 0.500. The van der Waals surface area contributed by atoms with Gasteiger partial charge in [-0.2, -0.15) is 0 Å². The first-order chi connectivity index (χ1) is 29.3. The molecule has 3 atom stereocenters. The number of hydrogen-bond acceptors (Lipinski definition) is 11. The standard InChI is InChI=1S/C46H59N9O6/c1-45(2,3)60-43(56)54-25-9-11-37(54)22-27-52-29-35(48-50-52)31-58-39-18-14-33(15-19-39)42(41-13-7-8-24-47-41)34-16-20-40(21-17-34)59-32-36-30-53(51-49-36)28-23-38-12-10-26-55(38)44(57)61-46(4,5)6/h7-8,13-21,24,29-30,37-38,42H,9-12,22-23,25-28,31-32H2,1-6H3/t37-,38+,42?. The average Bonchev–Trinajstić information content (AvgIpc) is 4.06. The minimum absolute atomic E-state index is 0.110. The molecule has 3 aromatic heterocycles. The SMILES string of the molecule is CC(C)(C)OC(=O)N1CCC[C@@H]1CCn1cc(COc2ccc(C(c3ccc(OCc4cn(CC[C@@H]5CCCN5C(=O)OC(C)(C)C)nn4)cc3)c3ccccn3)cc2)nn1. The lowest BCUT2D eigenvalue weighted by molar-refractivity contribution is 0.0205. The predicted octanol–water partition coefficient (Wildman–Crippen LogP) is 8.18. The van der Waals surface area contributed by atoms with E-state index >= 15 is 0 Å². The van der Waals surface area contributed by atoms with Crippen LogP contribution in [-0.4, -0.2) is 93.3 Å². The highest BCUT2D eigenvalue weighted by molar-refractivity contribution is 5.69. The van der Waals surface area contributed by atoms with E-state index in [4.69, 9.17) is 23.9 Å². The summed E-state index contributed by atoms with van der Waals surface area (Å²) in [5, 5.41) is 17.3. The monoisotopic (exact) mass is 833 g/mol. The molecule has 1 unspecified atom stereocenters. The summed E-state index contributed by atoms with van der Waals surface area (Å²) >= 11 is 0. The topological polar surface area (TPSA) is 152 Å². The highest BCUT2D eigenvalue weighted by atomic mass is 16.6. The summed E-state index contributed by atoms with van der Waals surface area (Å²) < 4.78 is 27.1. The predicted molar refractivity (Wildman–Crippen MR) is 228 cm³/mol. The summed E-state index contributed by atoms with van der Waals surface area (Å²) in [4.78, 5) is 33.8. The molecule has 2 aliphatic heterocycles. The first kappa shape index (κ1) is 43.1. The highest BCUT2D eigenvalue weighted by Gasteiger charge is 2.33. The van der Waals surface area contributed by atoms with Gasteiger partial charge in [0.25, 0.3) is 0 Å². The molecule has 324 valence electrons. The number of aryl methyl sites for hydroxylation is 2. The van der Waals surface area contributed by atoms with E-state index in [0.717, 1.165) is 91.3 Å². The molecule has 5 heterocycles. The van der Waals surface area contributed by atoms with Crippen LogP contribution in [0.15, 0.2) is 85.3 Å². The van der Waals surface area contributed by atoms with Crippen LogP contribution in [0.2, 0.25) is 0 Å². The van der Waals surface area contributed by atoms with E-state index in [-0.39, 0.29) is 43.4 Å². The van der Waals surface area contributed by atoms with Crippen molar-refractivity contribution in [2.75, 3.05) is 13.1 Å². The summed E-state index contributed by atoms with van der Waals surface area (Å²) in [7, 11) is 0. The lowest BCUT2D eigenvalue weighted by atomic mass is 9.88. The molecular formula is C46H59N9O6. The van der Waals surface area contributed by atoms with Crippen molar-refractivity contribution in [3.05, 3.63) is 114 Å². The molecule has 0 N–H and O–H groups in total. The van der Waals surface area contributed by atoms with E-state index < -0.39 is 11.2 Å². The number of aromatic nitrogens is 7. The van der Waals surface area contributed by atoms with E-state index in [9.17, 15) is 9.59 Å². The zero-order valence-electron chi connectivity index (χ0n) is 36.3. The Morgan fingerprint density at radius 1 is 0.656 bits per heavy atom. The molecule has 15 nitrogen and oxygen atoms in total. The van der Waals surface area contributed by atoms with Gasteiger partial charge in [0.2, 0.25) is 0 Å². The zero-order chi connectivity index (χ0) is 43.0. The van der Waals surface area contributed by atoms with Gasteiger partial charge in [0.05, 0.1) is 24.0 Å². The lowest BCUT2D eigenvalue weighted by Crippen LogP contribution is -2.40.